The summed E-state index contributed by atoms with van der Waals surface area (Å²) in [5.74, 6) is 0.473. The summed E-state index contributed by atoms with van der Waals surface area (Å²) in [6.07, 6.45) is 4.94. The number of nitrogens with zero attached hydrogens (tertiary/aromatic N) is 4. The van der Waals surface area contributed by atoms with E-state index in [4.69, 9.17) is 4.74 Å². The molecule has 0 aliphatic rings. The first-order valence-electron chi connectivity index (χ1n) is 7.04. The second-order valence-electron chi connectivity index (χ2n) is 4.87. The van der Waals surface area contributed by atoms with E-state index in [1.54, 1.807) is 36.8 Å². The SMILES string of the molecule is COc1cccc(S(=O)(=O)NCc2cn(-c3cccnc3)nn2)c1. The van der Waals surface area contributed by atoms with Crippen LogP contribution in [-0.4, -0.2) is 35.5 Å². The summed E-state index contributed by atoms with van der Waals surface area (Å²) in [6, 6.07) is 9.85. The Kier molecular flexibility index (Phi) is 4.54. The molecule has 3 rings (SSSR count). The normalized spacial score (nSPS) is 11.4. The van der Waals surface area contributed by atoms with Gasteiger partial charge in [0.05, 0.1) is 42.3 Å². The summed E-state index contributed by atoms with van der Waals surface area (Å²) in [6.45, 7) is 0.0276. The maximum Gasteiger partial charge on any atom is 0.241 e. The minimum atomic E-state index is -3.67. The quantitative estimate of drug-likeness (QED) is 0.719. The molecule has 0 radical (unpaired) electrons. The number of nitrogens with one attached hydrogen (secondary N) is 1. The predicted molar refractivity (Wildman–Crippen MR) is 86.2 cm³/mol. The number of aromatic nitrogens is 4. The average Bonchev–Trinajstić information content (AvgIpc) is 3.10. The summed E-state index contributed by atoms with van der Waals surface area (Å²) in [7, 11) is -2.18. The summed E-state index contributed by atoms with van der Waals surface area (Å²) in [5, 5.41) is 7.92. The van der Waals surface area contributed by atoms with Crippen molar-refractivity contribution < 1.29 is 13.2 Å². The van der Waals surface area contributed by atoms with Crippen LogP contribution in [0.3, 0.4) is 0 Å². The van der Waals surface area contributed by atoms with Gasteiger partial charge in [0.25, 0.3) is 0 Å². The number of hydrogen-bond acceptors (Lipinski definition) is 6. The lowest BCUT2D eigenvalue weighted by Crippen LogP contribution is -2.23. The molecule has 0 atom stereocenters. The van der Waals surface area contributed by atoms with E-state index in [9.17, 15) is 8.42 Å². The van der Waals surface area contributed by atoms with E-state index in [2.05, 4.69) is 20.0 Å². The number of rotatable bonds is 6. The Hall–Kier alpha value is -2.78. The van der Waals surface area contributed by atoms with Crippen molar-refractivity contribution in [3.05, 3.63) is 60.7 Å². The van der Waals surface area contributed by atoms with Gasteiger partial charge in [0, 0.05) is 12.3 Å². The zero-order chi connectivity index (χ0) is 17.0. The number of methoxy groups -OCH3 is 1. The van der Waals surface area contributed by atoms with Crippen LogP contribution in [-0.2, 0) is 16.6 Å². The Labute approximate surface area is 139 Å². The van der Waals surface area contributed by atoms with Crippen LogP contribution in [0.15, 0.2) is 59.9 Å². The molecular weight excluding hydrogens is 330 g/mol. The summed E-state index contributed by atoms with van der Waals surface area (Å²) in [5.41, 5.74) is 1.23. The first-order chi connectivity index (χ1) is 11.6. The van der Waals surface area contributed by atoms with Crippen molar-refractivity contribution in [2.24, 2.45) is 0 Å². The highest BCUT2D eigenvalue weighted by atomic mass is 32.2. The molecule has 1 N–H and O–H groups in total. The third-order valence-corrected chi connectivity index (χ3v) is 4.65. The number of pyridine rings is 1. The third kappa shape index (κ3) is 3.58. The number of sulfonamides is 1. The van der Waals surface area contributed by atoms with Crippen LogP contribution >= 0.6 is 0 Å². The van der Waals surface area contributed by atoms with Gasteiger partial charge in [-0.15, -0.1) is 5.10 Å². The first-order valence-corrected chi connectivity index (χ1v) is 8.52. The predicted octanol–water partition coefficient (Wildman–Crippen LogP) is 1.15. The molecule has 0 spiro atoms. The molecule has 3 aromatic rings. The largest absolute Gasteiger partial charge is 0.497 e. The highest BCUT2D eigenvalue weighted by Gasteiger charge is 2.15. The fourth-order valence-electron chi connectivity index (χ4n) is 2.02. The molecule has 0 unspecified atom stereocenters. The number of hydrogen-bond donors (Lipinski definition) is 1. The summed E-state index contributed by atoms with van der Waals surface area (Å²) in [4.78, 5) is 4.13. The van der Waals surface area contributed by atoms with Gasteiger partial charge in [-0.3, -0.25) is 4.98 Å². The van der Waals surface area contributed by atoms with Crippen LogP contribution in [0.2, 0.25) is 0 Å². The van der Waals surface area contributed by atoms with Crippen LogP contribution in [0.25, 0.3) is 5.69 Å². The van der Waals surface area contributed by atoms with Crippen molar-refractivity contribution in [2.75, 3.05) is 7.11 Å². The van der Waals surface area contributed by atoms with E-state index in [0.29, 0.717) is 11.4 Å². The highest BCUT2D eigenvalue weighted by molar-refractivity contribution is 7.89. The Bertz CT molecular complexity index is 925. The van der Waals surface area contributed by atoms with Gasteiger partial charge in [0.1, 0.15) is 5.75 Å². The molecule has 0 bridgehead atoms. The van der Waals surface area contributed by atoms with E-state index >= 15 is 0 Å². The molecule has 2 heterocycles. The second kappa shape index (κ2) is 6.77. The topological polar surface area (TPSA) is 99.0 Å². The van der Waals surface area contributed by atoms with Crippen molar-refractivity contribution in [3.8, 4) is 11.4 Å². The molecule has 9 heteroatoms. The van der Waals surface area contributed by atoms with Gasteiger partial charge in [0.15, 0.2) is 0 Å². The van der Waals surface area contributed by atoms with E-state index in [0.717, 1.165) is 5.69 Å². The van der Waals surface area contributed by atoms with Crippen LogP contribution in [0.5, 0.6) is 5.75 Å². The van der Waals surface area contributed by atoms with E-state index < -0.39 is 10.0 Å². The molecule has 0 amide bonds. The summed E-state index contributed by atoms with van der Waals surface area (Å²) < 4.78 is 33.7. The molecule has 0 saturated carbocycles. The molecular formula is C15H15N5O3S. The van der Waals surface area contributed by atoms with Gasteiger partial charge < -0.3 is 4.74 Å². The van der Waals surface area contributed by atoms with Gasteiger partial charge in [-0.25, -0.2) is 17.8 Å². The molecule has 0 fully saturated rings. The van der Waals surface area contributed by atoms with Gasteiger partial charge in [-0.05, 0) is 24.3 Å². The molecule has 1 aromatic carbocycles. The fraction of sp³-hybridized carbons (Fsp3) is 0.133. The Morgan fingerprint density at radius 1 is 1.25 bits per heavy atom. The average molecular weight is 345 g/mol. The maximum atomic E-state index is 12.3. The monoisotopic (exact) mass is 345 g/mol. The van der Waals surface area contributed by atoms with Crippen LogP contribution in [0.1, 0.15) is 5.69 Å². The molecule has 2 aromatic heterocycles. The van der Waals surface area contributed by atoms with E-state index in [1.807, 2.05) is 6.07 Å². The lowest BCUT2D eigenvalue weighted by Gasteiger charge is -2.06. The van der Waals surface area contributed by atoms with Crippen molar-refractivity contribution in [1.29, 1.82) is 0 Å². The molecule has 24 heavy (non-hydrogen) atoms. The molecule has 0 saturated heterocycles. The van der Waals surface area contributed by atoms with Crippen molar-refractivity contribution in [3.63, 3.8) is 0 Å². The van der Waals surface area contributed by atoms with Gasteiger partial charge in [0.2, 0.25) is 10.0 Å². The van der Waals surface area contributed by atoms with Crippen LogP contribution < -0.4 is 9.46 Å². The zero-order valence-electron chi connectivity index (χ0n) is 12.8. The molecule has 0 aliphatic carbocycles. The van der Waals surface area contributed by atoms with Crippen LogP contribution in [0, 0.1) is 0 Å². The maximum absolute atomic E-state index is 12.3. The van der Waals surface area contributed by atoms with Crippen molar-refractivity contribution in [2.45, 2.75) is 11.4 Å². The third-order valence-electron chi connectivity index (χ3n) is 3.25. The lowest BCUT2D eigenvalue weighted by molar-refractivity contribution is 0.413. The van der Waals surface area contributed by atoms with Crippen molar-refractivity contribution >= 4 is 10.0 Å². The minimum Gasteiger partial charge on any atom is -0.497 e. The Balaban J connectivity index is 1.72. The summed E-state index contributed by atoms with van der Waals surface area (Å²) >= 11 is 0. The second-order valence-corrected chi connectivity index (χ2v) is 6.64. The van der Waals surface area contributed by atoms with E-state index in [1.165, 1.54) is 23.9 Å². The lowest BCUT2D eigenvalue weighted by atomic mass is 10.3. The zero-order valence-corrected chi connectivity index (χ0v) is 13.6. The Morgan fingerprint density at radius 2 is 2.12 bits per heavy atom. The van der Waals surface area contributed by atoms with Gasteiger partial charge in [-0.1, -0.05) is 11.3 Å². The van der Waals surface area contributed by atoms with E-state index in [-0.39, 0.29) is 11.4 Å². The molecule has 124 valence electrons. The van der Waals surface area contributed by atoms with Crippen molar-refractivity contribution in [1.82, 2.24) is 24.7 Å². The molecule has 8 nitrogen and oxygen atoms in total. The Morgan fingerprint density at radius 3 is 2.88 bits per heavy atom. The van der Waals surface area contributed by atoms with Crippen LogP contribution in [0.4, 0.5) is 0 Å². The number of benzene rings is 1. The number of ether oxygens (including phenoxy) is 1. The highest BCUT2D eigenvalue weighted by Crippen LogP contribution is 2.17. The van der Waals surface area contributed by atoms with Gasteiger partial charge >= 0.3 is 0 Å². The standard InChI is InChI=1S/C15H15N5O3S/c1-23-14-5-2-6-15(8-14)24(21,22)17-9-12-11-20(19-18-12)13-4-3-7-16-10-13/h2-8,10-11,17H,9H2,1H3. The fourth-order valence-corrected chi connectivity index (χ4v) is 3.05. The van der Waals surface area contributed by atoms with Gasteiger partial charge in [-0.2, -0.15) is 0 Å². The smallest absolute Gasteiger partial charge is 0.241 e. The minimum absolute atomic E-state index is 0.0276. The molecule has 0 aliphatic heterocycles. The first kappa shape index (κ1) is 16.1.